The molecule has 0 amide bonds. The van der Waals surface area contributed by atoms with Gasteiger partial charge in [0.25, 0.3) is 0 Å². The van der Waals surface area contributed by atoms with Gasteiger partial charge < -0.3 is 5.11 Å². The van der Waals surface area contributed by atoms with Gasteiger partial charge in [0, 0.05) is 12.0 Å². The van der Waals surface area contributed by atoms with Gasteiger partial charge in [-0.2, -0.15) is 12.6 Å². The zero-order valence-corrected chi connectivity index (χ0v) is 10.2. The molecule has 0 bridgehead atoms. The Bertz CT molecular complexity index is 319. The smallest absolute Gasteiger partial charge is 0.162 e. The van der Waals surface area contributed by atoms with Gasteiger partial charge in [-0.1, -0.05) is 30.7 Å². The first-order valence-corrected chi connectivity index (χ1v) is 6.25. The van der Waals surface area contributed by atoms with Crippen LogP contribution in [0.15, 0.2) is 24.3 Å². The Hall–Kier alpha value is -0.800. The molecule has 0 aliphatic rings. The highest BCUT2D eigenvalue weighted by Gasteiger charge is 2.04. The number of rotatable bonds is 7. The topological polar surface area (TPSA) is 37.3 Å². The number of ketones is 1. The van der Waals surface area contributed by atoms with E-state index in [1.807, 2.05) is 0 Å². The molecule has 0 aliphatic heterocycles. The van der Waals surface area contributed by atoms with Crippen molar-refractivity contribution in [3.63, 3.8) is 0 Å². The minimum absolute atomic E-state index is 0.0242. The predicted molar refractivity (Wildman–Crippen MR) is 69.0 cm³/mol. The number of thiol groups is 1. The van der Waals surface area contributed by atoms with Gasteiger partial charge in [-0.05, 0) is 24.2 Å². The number of unbranched alkanes of at least 4 members (excludes halogenated alkanes) is 2. The van der Waals surface area contributed by atoms with Crippen molar-refractivity contribution in [2.75, 3.05) is 5.75 Å². The number of carbonyl (C=O) groups is 1. The van der Waals surface area contributed by atoms with Crippen molar-refractivity contribution < 1.29 is 9.90 Å². The van der Waals surface area contributed by atoms with Crippen LogP contribution >= 0.6 is 12.6 Å². The highest BCUT2D eigenvalue weighted by molar-refractivity contribution is 7.80. The van der Waals surface area contributed by atoms with Crippen LogP contribution in [0, 0.1) is 0 Å². The minimum Gasteiger partial charge on any atom is -0.392 e. The van der Waals surface area contributed by atoms with Crippen LogP contribution in [-0.2, 0) is 6.61 Å². The van der Waals surface area contributed by atoms with Crippen LogP contribution in [0.25, 0.3) is 0 Å². The fourth-order valence-corrected chi connectivity index (χ4v) is 1.74. The van der Waals surface area contributed by atoms with Crippen LogP contribution in [-0.4, -0.2) is 16.6 Å². The van der Waals surface area contributed by atoms with Crippen LogP contribution < -0.4 is 0 Å². The lowest BCUT2D eigenvalue weighted by molar-refractivity contribution is 0.0979. The first kappa shape index (κ1) is 13.3. The van der Waals surface area contributed by atoms with Gasteiger partial charge in [-0.3, -0.25) is 4.79 Å². The average molecular weight is 238 g/mol. The van der Waals surface area contributed by atoms with Crippen molar-refractivity contribution in [2.24, 2.45) is 0 Å². The summed E-state index contributed by atoms with van der Waals surface area (Å²) in [7, 11) is 0. The van der Waals surface area contributed by atoms with Gasteiger partial charge in [-0.15, -0.1) is 0 Å². The van der Waals surface area contributed by atoms with E-state index in [1.54, 1.807) is 24.3 Å². The van der Waals surface area contributed by atoms with Crippen LogP contribution in [0.4, 0.5) is 0 Å². The quantitative estimate of drug-likeness (QED) is 0.435. The molecule has 0 atom stereocenters. The molecule has 1 rings (SSSR count). The molecule has 0 heterocycles. The number of carbonyl (C=O) groups excluding carboxylic acids is 1. The Morgan fingerprint density at radius 3 is 2.38 bits per heavy atom. The summed E-state index contributed by atoms with van der Waals surface area (Å²) in [6.07, 6.45) is 3.66. The summed E-state index contributed by atoms with van der Waals surface area (Å²) in [5, 5.41) is 8.88. The van der Waals surface area contributed by atoms with E-state index in [9.17, 15) is 4.79 Å². The van der Waals surface area contributed by atoms with Gasteiger partial charge in [0.05, 0.1) is 6.61 Å². The van der Waals surface area contributed by atoms with Crippen LogP contribution in [0.2, 0.25) is 0 Å². The molecule has 1 aromatic rings. The molecule has 0 radical (unpaired) electrons. The van der Waals surface area contributed by atoms with Crippen LogP contribution in [0.3, 0.4) is 0 Å². The lowest BCUT2D eigenvalue weighted by atomic mass is 10.0. The van der Waals surface area contributed by atoms with Crippen molar-refractivity contribution in [3.05, 3.63) is 35.4 Å². The minimum atomic E-state index is 0.0242. The SMILES string of the molecule is O=C(CCCCCS)c1ccc(CO)cc1. The maximum Gasteiger partial charge on any atom is 0.162 e. The van der Waals surface area contributed by atoms with Gasteiger partial charge in [0.15, 0.2) is 5.78 Å². The average Bonchev–Trinajstić information content (AvgIpc) is 2.34. The molecular formula is C13H18O2S. The molecular weight excluding hydrogens is 220 g/mol. The van der Waals surface area contributed by atoms with E-state index in [0.717, 1.165) is 36.1 Å². The number of hydrogen-bond acceptors (Lipinski definition) is 3. The molecule has 0 aromatic heterocycles. The highest BCUT2D eigenvalue weighted by atomic mass is 32.1. The van der Waals surface area contributed by atoms with Gasteiger partial charge in [0.1, 0.15) is 0 Å². The van der Waals surface area contributed by atoms with E-state index in [4.69, 9.17) is 5.11 Å². The number of aliphatic hydroxyl groups excluding tert-OH is 1. The third-order valence-electron chi connectivity index (χ3n) is 2.52. The fourth-order valence-electron chi connectivity index (χ4n) is 1.51. The van der Waals surface area contributed by atoms with E-state index >= 15 is 0 Å². The van der Waals surface area contributed by atoms with Crippen LogP contribution in [0.5, 0.6) is 0 Å². The molecule has 88 valence electrons. The standard InChI is InChI=1S/C13H18O2S/c14-10-11-5-7-12(8-6-11)13(15)4-2-1-3-9-16/h5-8,14,16H,1-4,9-10H2. The summed E-state index contributed by atoms with van der Waals surface area (Å²) in [4.78, 5) is 11.7. The lowest BCUT2D eigenvalue weighted by Gasteiger charge is -2.02. The Kier molecular flexibility index (Phi) is 6.19. The third-order valence-corrected chi connectivity index (χ3v) is 2.84. The van der Waals surface area contributed by atoms with Gasteiger partial charge in [0.2, 0.25) is 0 Å². The molecule has 3 heteroatoms. The Morgan fingerprint density at radius 1 is 1.12 bits per heavy atom. The fraction of sp³-hybridized carbons (Fsp3) is 0.462. The molecule has 0 unspecified atom stereocenters. The number of Topliss-reactive ketones (excluding diaryl/α,β-unsaturated/α-hetero) is 1. The van der Waals surface area contributed by atoms with Crippen molar-refractivity contribution in [3.8, 4) is 0 Å². The number of aliphatic hydroxyl groups is 1. The largest absolute Gasteiger partial charge is 0.392 e. The highest BCUT2D eigenvalue weighted by Crippen LogP contribution is 2.10. The van der Waals surface area contributed by atoms with E-state index < -0.39 is 0 Å². The van der Waals surface area contributed by atoms with Crippen LogP contribution in [0.1, 0.15) is 41.6 Å². The zero-order chi connectivity index (χ0) is 11.8. The first-order valence-electron chi connectivity index (χ1n) is 5.62. The van der Waals surface area contributed by atoms with Gasteiger partial charge in [-0.25, -0.2) is 0 Å². The van der Waals surface area contributed by atoms with E-state index in [-0.39, 0.29) is 12.4 Å². The molecule has 0 saturated carbocycles. The second kappa shape index (κ2) is 7.47. The second-order valence-corrected chi connectivity index (χ2v) is 4.26. The van der Waals surface area contributed by atoms with Crippen molar-refractivity contribution in [1.82, 2.24) is 0 Å². The summed E-state index contributed by atoms with van der Waals surface area (Å²) in [6.45, 7) is 0.0242. The summed E-state index contributed by atoms with van der Waals surface area (Å²) in [5.74, 6) is 1.07. The number of hydrogen-bond donors (Lipinski definition) is 2. The summed E-state index contributed by atoms with van der Waals surface area (Å²) in [5.41, 5.74) is 1.58. The van der Waals surface area contributed by atoms with Crippen molar-refractivity contribution >= 4 is 18.4 Å². The Labute approximate surface area is 102 Å². The molecule has 16 heavy (non-hydrogen) atoms. The van der Waals surface area contributed by atoms with Crippen molar-refractivity contribution in [2.45, 2.75) is 32.3 Å². The molecule has 0 fully saturated rings. The number of benzene rings is 1. The Morgan fingerprint density at radius 2 is 1.81 bits per heavy atom. The molecule has 2 nitrogen and oxygen atoms in total. The summed E-state index contributed by atoms with van der Waals surface area (Å²) in [6, 6.07) is 7.15. The van der Waals surface area contributed by atoms with Gasteiger partial charge >= 0.3 is 0 Å². The monoisotopic (exact) mass is 238 g/mol. The third kappa shape index (κ3) is 4.37. The maximum atomic E-state index is 11.7. The van der Waals surface area contributed by atoms with E-state index in [0.29, 0.717) is 6.42 Å². The first-order chi connectivity index (χ1) is 7.77. The molecule has 0 aliphatic carbocycles. The predicted octanol–water partition coefficient (Wildman–Crippen LogP) is 2.85. The normalized spacial score (nSPS) is 10.4. The second-order valence-electron chi connectivity index (χ2n) is 3.81. The summed E-state index contributed by atoms with van der Waals surface area (Å²) >= 11 is 4.13. The van der Waals surface area contributed by atoms with E-state index in [1.165, 1.54) is 0 Å². The summed E-state index contributed by atoms with van der Waals surface area (Å²) < 4.78 is 0. The van der Waals surface area contributed by atoms with E-state index in [2.05, 4.69) is 12.6 Å². The Balaban J connectivity index is 2.40. The molecule has 1 aromatic carbocycles. The zero-order valence-electron chi connectivity index (χ0n) is 9.35. The molecule has 1 N–H and O–H groups in total. The van der Waals surface area contributed by atoms with Crippen molar-refractivity contribution in [1.29, 1.82) is 0 Å². The molecule has 0 spiro atoms. The maximum absolute atomic E-state index is 11.7. The molecule has 0 saturated heterocycles. The lowest BCUT2D eigenvalue weighted by Crippen LogP contribution is -1.99.